The van der Waals surface area contributed by atoms with Crippen molar-refractivity contribution in [1.82, 2.24) is 0 Å². The third-order valence-corrected chi connectivity index (χ3v) is 2.50. The number of hydrogen-bond donors (Lipinski definition) is 0. The molecule has 2 atom stereocenters. The minimum Gasteiger partial charge on any atom is -0.248 e. The van der Waals surface area contributed by atoms with Crippen molar-refractivity contribution in [3.63, 3.8) is 0 Å². The smallest absolute Gasteiger partial charge is 0.151 e. The summed E-state index contributed by atoms with van der Waals surface area (Å²) in [6.45, 7) is -1.06. The molecule has 0 aromatic carbocycles. The molecule has 0 radical (unpaired) electrons. The molecule has 0 amide bonds. The predicted molar refractivity (Wildman–Crippen MR) is 31.8 cm³/mol. The third-order valence-electron chi connectivity index (χ3n) is 1.29. The highest BCUT2D eigenvalue weighted by molar-refractivity contribution is 8.00. The molecule has 0 saturated carbocycles. The second-order valence-corrected chi connectivity index (χ2v) is 3.34. The van der Waals surface area contributed by atoms with Gasteiger partial charge < -0.3 is 0 Å². The van der Waals surface area contributed by atoms with Gasteiger partial charge in [-0.3, -0.25) is 0 Å². The molecule has 1 saturated heterocycles. The van der Waals surface area contributed by atoms with Crippen molar-refractivity contribution in [2.45, 2.75) is 17.6 Å². The minimum absolute atomic E-state index is 0.0370. The zero-order valence-electron chi connectivity index (χ0n) is 4.74. The SMILES string of the molecule is FCC1(F)CSC(F)C1. The van der Waals surface area contributed by atoms with Crippen molar-refractivity contribution in [2.75, 3.05) is 12.4 Å². The van der Waals surface area contributed by atoms with Crippen molar-refractivity contribution < 1.29 is 13.2 Å². The van der Waals surface area contributed by atoms with Crippen molar-refractivity contribution >= 4 is 11.8 Å². The highest BCUT2D eigenvalue weighted by atomic mass is 32.2. The van der Waals surface area contributed by atoms with Crippen LogP contribution in [0.15, 0.2) is 0 Å². The zero-order valence-corrected chi connectivity index (χ0v) is 5.56. The van der Waals surface area contributed by atoms with Crippen LogP contribution in [0.2, 0.25) is 0 Å². The van der Waals surface area contributed by atoms with E-state index in [4.69, 9.17) is 0 Å². The first kappa shape index (κ1) is 7.25. The molecule has 1 aliphatic heterocycles. The Bertz CT molecular complexity index is 108. The monoisotopic (exact) mass is 156 g/mol. The van der Waals surface area contributed by atoms with Crippen molar-refractivity contribution in [2.24, 2.45) is 0 Å². The summed E-state index contributed by atoms with van der Waals surface area (Å²) in [5.74, 6) is -0.0370. The lowest BCUT2D eigenvalue weighted by Gasteiger charge is -2.10. The minimum atomic E-state index is -1.87. The molecule has 0 N–H and O–H groups in total. The number of rotatable bonds is 1. The Hall–Kier alpha value is 0.140. The normalized spacial score (nSPS) is 43.7. The molecule has 0 aromatic heterocycles. The average molecular weight is 156 g/mol. The Labute approximate surface area is 55.8 Å². The fraction of sp³-hybridized carbons (Fsp3) is 1.00. The highest BCUT2D eigenvalue weighted by Crippen LogP contribution is 2.38. The molecule has 9 heavy (non-hydrogen) atoms. The van der Waals surface area contributed by atoms with Crippen molar-refractivity contribution in [1.29, 1.82) is 0 Å². The summed E-state index contributed by atoms with van der Waals surface area (Å²) in [5, 5.41) is 0. The molecule has 54 valence electrons. The molecule has 1 heterocycles. The number of halogens is 3. The van der Waals surface area contributed by atoms with Gasteiger partial charge in [-0.25, -0.2) is 13.2 Å². The van der Waals surface area contributed by atoms with Crippen LogP contribution in [0.5, 0.6) is 0 Å². The van der Waals surface area contributed by atoms with Crippen LogP contribution in [-0.2, 0) is 0 Å². The van der Waals surface area contributed by atoms with Gasteiger partial charge in [0.15, 0.2) is 5.67 Å². The summed E-state index contributed by atoms with van der Waals surface area (Å²) in [4.78, 5) is 0. The van der Waals surface area contributed by atoms with E-state index in [0.717, 1.165) is 11.8 Å². The lowest BCUT2D eigenvalue weighted by atomic mass is 10.1. The van der Waals surface area contributed by atoms with Gasteiger partial charge >= 0.3 is 0 Å². The van der Waals surface area contributed by atoms with Gasteiger partial charge in [-0.15, -0.1) is 11.8 Å². The standard InChI is InChI=1S/C5H7F3S/c6-2-5(8)1-4(7)9-3-5/h4H,1-3H2. The lowest BCUT2D eigenvalue weighted by molar-refractivity contribution is 0.130. The van der Waals surface area contributed by atoms with E-state index in [1.165, 1.54) is 0 Å². The maximum absolute atomic E-state index is 12.7. The van der Waals surface area contributed by atoms with E-state index >= 15 is 0 Å². The first-order chi connectivity index (χ1) is 4.16. The molecule has 2 unspecified atom stereocenters. The Morgan fingerprint density at radius 2 is 2.33 bits per heavy atom. The fourth-order valence-corrected chi connectivity index (χ4v) is 1.83. The summed E-state index contributed by atoms with van der Waals surface area (Å²) in [5.41, 5.74) is -3.07. The van der Waals surface area contributed by atoms with E-state index in [0.29, 0.717) is 0 Å². The molecule has 0 bridgehead atoms. The van der Waals surface area contributed by atoms with Gasteiger partial charge in [0.05, 0.1) is 0 Å². The largest absolute Gasteiger partial charge is 0.248 e. The molecule has 1 fully saturated rings. The van der Waals surface area contributed by atoms with Crippen LogP contribution in [0, 0.1) is 0 Å². The van der Waals surface area contributed by atoms with Crippen LogP contribution >= 0.6 is 11.8 Å². The van der Waals surface area contributed by atoms with Crippen LogP contribution in [-0.4, -0.2) is 23.6 Å². The first-order valence-electron chi connectivity index (χ1n) is 2.67. The molecule has 0 aliphatic carbocycles. The summed E-state index contributed by atoms with van der Waals surface area (Å²) < 4.78 is 36.5. The predicted octanol–water partition coefficient (Wildman–Crippen LogP) is 2.10. The maximum Gasteiger partial charge on any atom is 0.151 e. The first-order valence-corrected chi connectivity index (χ1v) is 3.72. The van der Waals surface area contributed by atoms with Crippen molar-refractivity contribution in [3.05, 3.63) is 0 Å². The topological polar surface area (TPSA) is 0 Å². The maximum atomic E-state index is 12.7. The van der Waals surface area contributed by atoms with Crippen LogP contribution in [0.1, 0.15) is 6.42 Å². The van der Waals surface area contributed by atoms with Gasteiger partial charge in [-0.05, 0) is 0 Å². The number of alkyl halides is 3. The van der Waals surface area contributed by atoms with E-state index < -0.39 is 17.8 Å². The number of hydrogen-bond acceptors (Lipinski definition) is 1. The van der Waals surface area contributed by atoms with Crippen LogP contribution in [0.3, 0.4) is 0 Å². The molecule has 1 rings (SSSR count). The molecule has 0 spiro atoms. The Balaban J connectivity index is 2.45. The zero-order chi connectivity index (χ0) is 6.91. The lowest BCUT2D eigenvalue weighted by Crippen LogP contribution is -2.24. The van der Waals surface area contributed by atoms with E-state index in [9.17, 15) is 13.2 Å². The highest BCUT2D eigenvalue weighted by Gasteiger charge is 2.40. The van der Waals surface area contributed by atoms with E-state index in [-0.39, 0.29) is 12.2 Å². The Kier molecular flexibility index (Phi) is 1.94. The third kappa shape index (κ3) is 1.53. The van der Waals surface area contributed by atoms with Gasteiger partial charge in [-0.1, -0.05) is 0 Å². The summed E-state index contributed by atoms with van der Waals surface area (Å²) in [6, 6.07) is 0. The van der Waals surface area contributed by atoms with Gasteiger partial charge in [0.2, 0.25) is 0 Å². The second kappa shape index (κ2) is 2.40. The quantitative estimate of drug-likeness (QED) is 0.560. The molecule has 0 nitrogen and oxygen atoms in total. The van der Waals surface area contributed by atoms with E-state index in [1.54, 1.807) is 0 Å². The van der Waals surface area contributed by atoms with Crippen molar-refractivity contribution in [3.8, 4) is 0 Å². The molecule has 1 aliphatic rings. The molecule has 4 heteroatoms. The molecular weight excluding hydrogens is 149 g/mol. The fourth-order valence-electron chi connectivity index (χ4n) is 0.738. The molecule has 0 aromatic rings. The van der Waals surface area contributed by atoms with Crippen LogP contribution < -0.4 is 0 Å². The van der Waals surface area contributed by atoms with Gasteiger partial charge in [-0.2, -0.15) is 0 Å². The van der Waals surface area contributed by atoms with E-state index in [1.807, 2.05) is 0 Å². The van der Waals surface area contributed by atoms with Crippen LogP contribution in [0.4, 0.5) is 13.2 Å². The van der Waals surface area contributed by atoms with E-state index in [2.05, 4.69) is 0 Å². The van der Waals surface area contributed by atoms with Crippen LogP contribution in [0.25, 0.3) is 0 Å². The van der Waals surface area contributed by atoms with Gasteiger partial charge in [0.1, 0.15) is 12.2 Å². The van der Waals surface area contributed by atoms with Gasteiger partial charge in [0.25, 0.3) is 0 Å². The second-order valence-electron chi connectivity index (χ2n) is 2.21. The number of thioether (sulfide) groups is 1. The summed E-state index contributed by atoms with van der Waals surface area (Å²) >= 11 is 0.847. The summed E-state index contributed by atoms with van der Waals surface area (Å²) in [7, 11) is 0. The summed E-state index contributed by atoms with van der Waals surface area (Å²) in [6.07, 6.45) is -0.284. The van der Waals surface area contributed by atoms with Gasteiger partial charge in [0, 0.05) is 12.2 Å². The Morgan fingerprint density at radius 1 is 1.67 bits per heavy atom. The Morgan fingerprint density at radius 3 is 2.56 bits per heavy atom. The molecular formula is C5H7F3S. The average Bonchev–Trinajstić information content (AvgIpc) is 2.13.